The van der Waals surface area contributed by atoms with Crippen LogP contribution in [0.3, 0.4) is 0 Å². The number of thiocarbonyl (C=S) groups is 1. The molecule has 4 rings (SSSR count). The van der Waals surface area contributed by atoms with Crippen molar-refractivity contribution in [2.24, 2.45) is 0 Å². The van der Waals surface area contributed by atoms with Crippen LogP contribution in [0.4, 0.5) is 5.69 Å². The summed E-state index contributed by atoms with van der Waals surface area (Å²) in [6.07, 6.45) is 1.55. The van der Waals surface area contributed by atoms with E-state index in [-0.39, 0.29) is 21.9 Å². The van der Waals surface area contributed by atoms with Gasteiger partial charge >= 0.3 is 5.97 Å². The molecular formula is C26H23N3O4S. The normalized spacial score (nSPS) is 15.1. The molecule has 2 heterocycles. The van der Waals surface area contributed by atoms with Gasteiger partial charge in [-0.1, -0.05) is 18.2 Å². The third-order valence-corrected chi connectivity index (χ3v) is 6.32. The zero-order chi connectivity index (χ0) is 24.7. The molecule has 2 amide bonds. The maximum atomic E-state index is 13.4. The number of nitrogens with zero attached hydrogens (tertiary/aromatic N) is 2. The molecule has 0 atom stereocenters. The number of amides is 2. The molecule has 172 valence electrons. The summed E-state index contributed by atoms with van der Waals surface area (Å²) >= 11 is 5.23. The van der Waals surface area contributed by atoms with Gasteiger partial charge in [-0.2, -0.15) is 0 Å². The molecule has 2 aromatic carbocycles. The lowest BCUT2D eigenvalue weighted by atomic mass is 10.1. The molecular weight excluding hydrogens is 450 g/mol. The van der Waals surface area contributed by atoms with Crippen molar-refractivity contribution in [2.45, 2.75) is 27.7 Å². The Kier molecular flexibility index (Phi) is 5.93. The number of aryl methyl sites for hydroxylation is 2. The largest absolute Gasteiger partial charge is 0.478 e. The first-order chi connectivity index (χ1) is 16.1. The van der Waals surface area contributed by atoms with E-state index in [0.717, 1.165) is 33.1 Å². The summed E-state index contributed by atoms with van der Waals surface area (Å²) in [6.45, 7) is 8.02. The third kappa shape index (κ3) is 3.92. The van der Waals surface area contributed by atoms with Crippen LogP contribution in [0.15, 0.2) is 54.1 Å². The minimum atomic E-state index is -1.13. The first-order valence-electron chi connectivity index (χ1n) is 10.6. The van der Waals surface area contributed by atoms with Gasteiger partial charge in [0.05, 0.1) is 11.3 Å². The van der Waals surface area contributed by atoms with Gasteiger partial charge in [0, 0.05) is 17.1 Å². The van der Waals surface area contributed by atoms with Crippen molar-refractivity contribution < 1.29 is 19.5 Å². The molecule has 34 heavy (non-hydrogen) atoms. The highest BCUT2D eigenvalue weighted by Gasteiger charge is 2.35. The molecule has 1 fully saturated rings. The SMILES string of the molecule is Cc1cccc(-n2c(C)cc(C=C3C(=O)NC(=S)N(c4cccc(C(=O)O)c4)C3=O)c2C)c1C. The van der Waals surface area contributed by atoms with Gasteiger partial charge in [-0.15, -0.1) is 0 Å². The second kappa shape index (κ2) is 8.72. The van der Waals surface area contributed by atoms with E-state index in [4.69, 9.17) is 12.2 Å². The van der Waals surface area contributed by atoms with Crippen molar-refractivity contribution in [3.05, 3.63) is 87.7 Å². The van der Waals surface area contributed by atoms with Gasteiger partial charge in [-0.3, -0.25) is 19.8 Å². The molecule has 0 bridgehead atoms. The number of hydrogen-bond donors (Lipinski definition) is 2. The number of carboxylic acids is 1. The quantitative estimate of drug-likeness (QED) is 0.336. The van der Waals surface area contributed by atoms with E-state index < -0.39 is 17.8 Å². The van der Waals surface area contributed by atoms with Crippen LogP contribution >= 0.6 is 12.2 Å². The topological polar surface area (TPSA) is 91.6 Å². The molecule has 0 aliphatic carbocycles. The molecule has 0 radical (unpaired) electrons. The van der Waals surface area contributed by atoms with E-state index in [1.807, 2.05) is 32.0 Å². The van der Waals surface area contributed by atoms with E-state index in [2.05, 4.69) is 29.8 Å². The van der Waals surface area contributed by atoms with Gasteiger partial charge in [0.1, 0.15) is 5.57 Å². The summed E-state index contributed by atoms with van der Waals surface area (Å²) in [6, 6.07) is 13.9. The van der Waals surface area contributed by atoms with Crippen molar-refractivity contribution in [1.82, 2.24) is 9.88 Å². The lowest BCUT2D eigenvalue weighted by Crippen LogP contribution is -2.54. The Balaban J connectivity index is 1.79. The Hall–Kier alpha value is -4.04. The Morgan fingerprint density at radius 1 is 1.03 bits per heavy atom. The molecule has 8 heteroatoms. The van der Waals surface area contributed by atoms with E-state index >= 15 is 0 Å². The Labute approximate surface area is 202 Å². The summed E-state index contributed by atoms with van der Waals surface area (Å²) in [4.78, 5) is 38.6. The summed E-state index contributed by atoms with van der Waals surface area (Å²) < 4.78 is 2.10. The van der Waals surface area contributed by atoms with Crippen molar-refractivity contribution >= 4 is 46.9 Å². The van der Waals surface area contributed by atoms with E-state index in [0.29, 0.717) is 0 Å². The van der Waals surface area contributed by atoms with Gasteiger partial charge in [0.2, 0.25) is 0 Å². The van der Waals surface area contributed by atoms with E-state index in [9.17, 15) is 19.5 Å². The fourth-order valence-electron chi connectivity index (χ4n) is 4.11. The maximum absolute atomic E-state index is 13.4. The minimum Gasteiger partial charge on any atom is -0.478 e. The highest BCUT2D eigenvalue weighted by atomic mass is 32.1. The van der Waals surface area contributed by atoms with Crippen LogP contribution in [0.5, 0.6) is 0 Å². The third-order valence-electron chi connectivity index (χ3n) is 6.04. The van der Waals surface area contributed by atoms with Crippen LogP contribution in [0.1, 0.15) is 38.4 Å². The monoisotopic (exact) mass is 473 g/mol. The lowest BCUT2D eigenvalue weighted by Gasteiger charge is -2.29. The number of carbonyl (C=O) groups is 3. The molecule has 1 aromatic heterocycles. The fraction of sp³-hybridized carbons (Fsp3) is 0.154. The smallest absolute Gasteiger partial charge is 0.335 e. The summed E-state index contributed by atoms with van der Waals surface area (Å²) in [5, 5.41) is 11.7. The van der Waals surface area contributed by atoms with Crippen molar-refractivity contribution in [3.8, 4) is 5.69 Å². The zero-order valence-electron chi connectivity index (χ0n) is 19.2. The van der Waals surface area contributed by atoms with Crippen molar-refractivity contribution in [2.75, 3.05) is 4.90 Å². The molecule has 1 saturated heterocycles. The predicted octanol–water partition coefficient (Wildman–Crippen LogP) is 4.24. The maximum Gasteiger partial charge on any atom is 0.335 e. The molecule has 2 N–H and O–H groups in total. The number of benzene rings is 2. The number of carbonyl (C=O) groups excluding carboxylic acids is 2. The molecule has 7 nitrogen and oxygen atoms in total. The highest BCUT2D eigenvalue weighted by Crippen LogP contribution is 2.28. The molecule has 0 spiro atoms. The van der Waals surface area contributed by atoms with Gasteiger partial charge in [-0.05, 0) is 93.0 Å². The Bertz CT molecular complexity index is 1420. The average molecular weight is 474 g/mol. The molecule has 1 aliphatic rings. The van der Waals surface area contributed by atoms with Crippen LogP contribution in [-0.4, -0.2) is 32.6 Å². The number of nitrogens with one attached hydrogen (secondary N) is 1. The zero-order valence-corrected chi connectivity index (χ0v) is 20.0. The summed E-state index contributed by atoms with van der Waals surface area (Å²) in [5.74, 6) is -2.35. The van der Waals surface area contributed by atoms with Crippen LogP contribution < -0.4 is 10.2 Å². The van der Waals surface area contributed by atoms with Crippen LogP contribution in [-0.2, 0) is 9.59 Å². The minimum absolute atomic E-state index is 0.00704. The Morgan fingerprint density at radius 3 is 2.44 bits per heavy atom. The first-order valence-corrected chi connectivity index (χ1v) is 11.0. The first kappa shape index (κ1) is 23.1. The number of carboxylic acid groups (broad SMARTS) is 1. The second-order valence-corrected chi connectivity index (χ2v) is 8.58. The lowest BCUT2D eigenvalue weighted by molar-refractivity contribution is -0.122. The number of rotatable bonds is 4. The van der Waals surface area contributed by atoms with Crippen molar-refractivity contribution in [3.63, 3.8) is 0 Å². The van der Waals surface area contributed by atoms with E-state index in [1.165, 1.54) is 23.8 Å². The number of aromatic carboxylic acids is 1. The van der Waals surface area contributed by atoms with Gasteiger partial charge in [0.15, 0.2) is 5.11 Å². The van der Waals surface area contributed by atoms with Gasteiger partial charge in [-0.25, -0.2) is 4.79 Å². The summed E-state index contributed by atoms with van der Waals surface area (Å²) in [7, 11) is 0. The second-order valence-electron chi connectivity index (χ2n) is 8.19. The molecule has 0 saturated carbocycles. The van der Waals surface area contributed by atoms with Crippen LogP contribution in [0.2, 0.25) is 0 Å². The van der Waals surface area contributed by atoms with E-state index in [1.54, 1.807) is 12.1 Å². The number of aromatic nitrogens is 1. The number of hydrogen-bond acceptors (Lipinski definition) is 4. The highest BCUT2D eigenvalue weighted by molar-refractivity contribution is 7.80. The Morgan fingerprint density at radius 2 is 1.74 bits per heavy atom. The van der Waals surface area contributed by atoms with Crippen LogP contribution in [0.25, 0.3) is 11.8 Å². The summed E-state index contributed by atoms with van der Waals surface area (Å²) in [5.41, 5.74) is 6.10. The number of anilines is 1. The predicted molar refractivity (Wildman–Crippen MR) is 134 cm³/mol. The molecule has 3 aromatic rings. The van der Waals surface area contributed by atoms with Gasteiger partial charge < -0.3 is 9.67 Å². The van der Waals surface area contributed by atoms with Gasteiger partial charge in [0.25, 0.3) is 11.8 Å². The molecule has 1 aliphatic heterocycles. The average Bonchev–Trinajstić information content (AvgIpc) is 3.06. The molecule has 0 unspecified atom stereocenters. The standard InChI is InChI=1S/C26H23N3O4S/c1-14-7-5-10-22(16(14)3)28-15(2)11-19(17(28)4)13-21-23(30)27-26(34)29(24(21)31)20-9-6-8-18(12-20)25(32)33/h5-13H,1-4H3,(H,32,33)(H,27,30,34). The van der Waals surface area contributed by atoms with Crippen molar-refractivity contribution in [1.29, 1.82) is 0 Å². The fourth-order valence-corrected chi connectivity index (χ4v) is 4.39. The van der Waals surface area contributed by atoms with Crippen LogP contribution in [0, 0.1) is 27.7 Å².